The Hall–Kier alpha value is -1.50. The molecular weight excluding hydrogens is 270 g/mol. The molecule has 20 heavy (non-hydrogen) atoms. The molecule has 0 amide bonds. The van der Waals surface area contributed by atoms with Crippen LogP contribution in [0.3, 0.4) is 0 Å². The van der Waals surface area contributed by atoms with Crippen LogP contribution in [0, 0.1) is 0 Å². The molecule has 0 spiro atoms. The average molecular weight is 291 g/mol. The number of hydrogen-bond acceptors (Lipinski definition) is 6. The van der Waals surface area contributed by atoms with E-state index in [1.54, 1.807) is 16.8 Å². The van der Waals surface area contributed by atoms with Crippen molar-refractivity contribution in [3.05, 3.63) is 46.7 Å². The van der Waals surface area contributed by atoms with Gasteiger partial charge in [0.05, 0.1) is 12.7 Å². The van der Waals surface area contributed by atoms with Crippen molar-refractivity contribution >= 4 is 18.0 Å². The monoisotopic (exact) mass is 291 g/mol. The molecule has 5 N–H and O–H groups in total. The van der Waals surface area contributed by atoms with Crippen LogP contribution in [0.4, 0.5) is 0 Å². The van der Waals surface area contributed by atoms with Crippen LogP contribution >= 0.6 is 11.8 Å². The summed E-state index contributed by atoms with van der Waals surface area (Å²) in [5, 5.41) is 3.77. The second kappa shape index (κ2) is 6.78. The van der Waals surface area contributed by atoms with Gasteiger partial charge in [-0.25, -0.2) is 5.43 Å². The Balaban J connectivity index is 2.04. The zero-order valence-electron chi connectivity index (χ0n) is 11.7. The molecule has 2 heterocycles. The number of nitrogens with one attached hydrogen (secondary N) is 1. The van der Waals surface area contributed by atoms with Crippen LogP contribution < -0.4 is 16.9 Å². The molecule has 0 bridgehead atoms. The van der Waals surface area contributed by atoms with E-state index in [1.807, 2.05) is 24.0 Å². The lowest BCUT2D eigenvalue weighted by atomic mass is 9.98. The molecule has 0 radical (unpaired) electrons. The lowest BCUT2D eigenvalue weighted by Gasteiger charge is -2.17. The summed E-state index contributed by atoms with van der Waals surface area (Å²) in [7, 11) is 0. The number of thioether (sulfide) groups is 1. The number of aliphatic imine (C=N–C) groups is 1. The van der Waals surface area contributed by atoms with E-state index in [9.17, 15) is 0 Å². The molecule has 108 valence electrons. The summed E-state index contributed by atoms with van der Waals surface area (Å²) in [6.45, 7) is 5.11. The number of hydrogen-bond donors (Lipinski definition) is 3. The van der Waals surface area contributed by atoms with Gasteiger partial charge < -0.3 is 11.5 Å². The minimum absolute atomic E-state index is 0.129. The first-order valence-corrected chi connectivity index (χ1v) is 7.77. The van der Waals surface area contributed by atoms with Crippen molar-refractivity contribution in [3.63, 3.8) is 0 Å². The second-order valence-electron chi connectivity index (χ2n) is 4.61. The number of hydrazine groups is 1. The summed E-state index contributed by atoms with van der Waals surface area (Å²) in [4.78, 5) is 4.57. The molecule has 2 aliphatic heterocycles. The largest absolute Gasteiger partial charge is 0.384 e. The fraction of sp³-hybridized carbons (Fsp3) is 0.357. The molecule has 1 unspecified atom stereocenters. The predicted molar refractivity (Wildman–Crippen MR) is 86.9 cm³/mol. The normalized spacial score (nSPS) is 22.8. The summed E-state index contributed by atoms with van der Waals surface area (Å²) in [5.74, 6) is 0.685. The third-order valence-corrected chi connectivity index (χ3v) is 3.79. The summed E-state index contributed by atoms with van der Waals surface area (Å²) in [6, 6.07) is 0.129. The lowest BCUT2D eigenvalue weighted by molar-refractivity contribution is 0.287. The van der Waals surface area contributed by atoms with Gasteiger partial charge in [-0.15, -0.1) is 11.8 Å². The minimum atomic E-state index is 0.129. The van der Waals surface area contributed by atoms with Gasteiger partial charge in [0, 0.05) is 18.3 Å². The van der Waals surface area contributed by atoms with Crippen LogP contribution in [0.5, 0.6) is 0 Å². The summed E-state index contributed by atoms with van der Waals surface area (Å²) in [5.41, 5.74) is 18.0. The highest BCUT2D eigenvalue weighted by Crippen LogP contribution is 2.23. The summed E-state index contributed by atoms with van der Waals surface area (Å²) in [6.07, 6.45) is 8.95. The van der Waals surface area contributed by atoms with E-state index < -0.39 is 0 Å². The summed E-state index contributed by atoms with van der Waals surface area (Å²) >= 11 is 1.66. The molecule has 6 heteroatoms. The van der Waals surface area contributed by atoms with Gasteiger partial charge >= 0.3 is 0 Å². The van der Waals surface area contributed by atoms with Crippen LogP contribution in [-0.2, 0) is 0 Å². The molecule has 0 fully saturated rings. The maximum absolute atomic E-state index is 6.05. The molecule has 0 saturated heterocycles. The quantitative estimate of drug-likeness (QED) is 0.661. The van der Waals surface area contributed by atoms with Crippen molar-refractivity contribution in [1.29, 1.82) is 0 Å². The van der Waals surface area contributed by atoms with E-state index in [4.69, 9.17) is 11.5 Å². The van der Waals surface area contributed by atoms with Crippen molar-refractivity contribution in [3.8, 4) is 0 Å². The van der Waals surface area contributed by atoms with Gasteiger partial charge in [-0.1, -0.05) is 18.7 Å². The Morgan fingerprint density at radius 3 is 3.05 bits per heavy atom. The van der Waals surface area contributed by atoms with Gasteiger partial charge in [0.25, 0.3) is 0 Å². The molecule has 5 nitrogen and oxygen atoms in total. The molecule has 0 aromatic rings. The molecule has 2 rings (SSSR count). The van der Waals surface area contributed by atoms with Crippen LogP contribution in [0.1, 0.15) is 6.42 Å². The van der Waals surface area contributed by atoms with E-state index >= 15 is 0 Å². The minimum Gasteiger partial charge on any atom is -0.384 e. The Bertz CT molecular complexity index is 504. The average Bonchev–Trinajstić information content (AvgIpc) is 2.86. The topological polar surface area (TPSA) is 79.7 Å². The number of rotatable bonds is 5. The standard InChI is InChI=1S/C14H21N5S/c1-10(5-6-20-2)13-4-3-11(7-17-13)12-8-18-19(9-15)14(12)16/h3,5-7,13,18H,1,4,8-9,15-16H2,2H3/b6-5-. The van der Waals surface area contributed by atoms with Crippen molar-refractivity contribution in [2.24, 2.45) is 16.5 Å². The van der Waals surface area contributed by atoms with Crippen LogP contribution in [0.25, 0.3) is 0 Å². The van der Waals surface area contributed by atoms with Gasteiger partial charge in [0.15, 0.2) is 0 Å². The highest BCUT2D eigenvalue weighted by molar-refractivity contribution is 8.01. The number of nitrogens with two attached hydrogens (primary N) is 2. The lowest BCUT2D eigenvalue weighted by Crippen LogP contribution is -2.38. The zero-order chi connectivity index (χ0) is 14.5. The fourth-order valence-corrected chi connectivity index (χ4v) is 2.47. The number of dihydropyridines is 1. The maximum atomic E-state index is 6.05. The van der Waals surface area contributed by atoms with Gasteiger partial charge in [-0.05, 0) is 29.2 Å². The van der Waals surface area contributed by atoms with Crippen molar-refractivity contribution in [1.82, 2.24) is 10.4 Å². The van der Waals surface area contributed by atoms with Gasteiger partial charge in [-0.3, -0.25) is 10.0 Å². The maximum Gasteiger partial charge on any atom is 0.120 e. The molecule has 2 aliphatic rings. The third-order valence-electron chi connectivity index (χ3n) is 3.38. The SMILES string of the molecule is C=C(/C=C\SC)C1CC=C(C2=C(N)N(CN)NC2)C=N1. The Morgan fingerprint density at radius 2 is 2.50 bits per heavy atom. The third kappa shape index (κ3) is 3.15. The summed E-state index contributed by atoms with van der Waals surface area (Å²) < 4.78 is 0. The van der Waals surface area contributed by atoms with E-state index in [-0.39, 0.29) is 6.04 Å². The van der Waals surface area contributed by atoms with E-state index in [0.29, 0.717) is 19.0 Å². The highest BCUT2D eigenvalue weighted by atomic mass is 32.2. The molecule has 0 aliphatic carbocycles. The van der Waals surface area contributed by atoms with Crippen LogP contribution in [0.2, 0.25) is 0 Å². The van der Waals surface area contributed by atoms with Crippen molar-refractivity contribution in [2.45, 2.75) is 12.5 Å². The highest BCUT2D eigenvalue weighted by Gasteiger charge is 2.22. The first-order chi connectivity index (χ1) is 9.67. The van der Waals surface area contributed by atoms with Crippen molar-refractivity contribution in [2.75, 3.05) is 19.5 Å². The van der Waals surface area contributed by atoms with Gasteiger partial charge in [-0.2, -0.15) is 0 Å². The van der Waals surface area contributed by atoms with Gasteiger partial charge in [0.2, 0.25) is 0 Å². The first kappa shape index (κ1) is 14.9. The van der Waals surface area contributed by atoms with E-state index in [0.717, 1.165) is 23.1 Å². The van der Waals surface area contributed by atoms with Crippen molar-refractivity contribution < 1.29 is 0 Å². The Morgan fingerprint density at radius 1 is 1.70 bits per heavy atom. The van der Waals surface area contributed by atoms with E-state index in [1.165, 1.54) is 0 Å². The molecule has 0 aromatic heterocycles. The smallest absolute Gasteiger partial charge is 0.120 e. The van der Waals surface area contributed by atoms with Gasteiger partial charge in [0.1, 0.15) is 5.82 Å². The number of nitrogens with zero attached hydrogens (tertiary/aromatic N) is 2. The first-order valence-electron chi connectivity index (χ1n) is 6.49. The second-order valence-corrected chi connectivity index (χ2v) is 5.36. The zero-order valence-corrected chi connectivity index (χ0v) is 12.5. The predicted octanol–water partition coefficient (Wildman–Crippen LogP) is 1.10. The van der Waals surface area contributed by atoms with E-state index in [2.05, 4.69) is 23.1 Å². The molecular formula is C14H21N5S. The molecule has 1 atom stereocenters. The molecule has 0 saturated carbocycles. The van der Waals surface area contributed by atoms with Crippen LogP contribution in [0.15, 0.2) is 51.7 Å². The molecule has 0 aromatic carbocycles. The Kier molecular flexibility index (Phi) is 5.05. The van der Waals surface area contributed by atoms with Crippen LogP contribution in [-0.4, -0.2) is 36.7 Å². The fourth-order valence-electron chi connectivity index (χ4n) is 2.16. The Labute approximate surface area is 124 Å².